The molecule has 0 aliphatic carbocycles. The van der Waals surface area contributed by atoms with Gasteiger partial charge in [0.1, 0.15) is 11.5 Å². The van der Waals surface area contributed by atoms with Gasteiger partial charge >= 0.3 is 5.97 Å². The number of hydrogen-bond acceptors (Lipinski definition) is 5. The van der Waals surface area contributed by atoms with Crippen molar-refractivity contribution in [2.75, 3.05) is 7.11 Å². The highest BCUT2D eigenvalue weighted by Crippen LogP contribution is 2.17. The minimum absolute atomic E-state index is 0. The van der Waals surface area contributed by atoms with Crippen LogP contribution in [-0.4, -0.2) is 31.6 Å². The van der Waals surface area contributed by atoms with Gasteiger partial charge in [-0.1, -0.05) is 23.2 Å². The maximum absolute atomic E-state index is 11.0. The van der Waals surface area contributed by atoms with Crippen LogP contribution in [0.5, 0.6) is 11.5 Å². The number of benzene rings is 2. The lowest BCUT2D eigenvalue weighted by molar-refractivity contribution is -0.147. The van der Waals surface area contributed by atoms with Crippen molar-refractivity contribution in [2.45, 2.75) is 26.1 Å². The Labute approximate surface area is 167 Å². The first kappa shape index (κ1) is 24.7. The molecule has 0 unspecified atom stereocenters. The molecular weight excluding hydrogens is 398 g/mol. The zero-order valence-corrected chi connectivity index (χ0v) is 16.6. The summed E-state index contributed by atoms with van der Waals surface area (Å²) in [6, 6.07) is 13.7. The third-order valence-electron chi connectivity index (χ3n) is 2.99. The second kappa shape index (κ2) is 12.9. The predicted molar refractivity (Wildman–Crippen MR) is 104 cm³/mol. The first-order chi connectivity index (χ1) is 12.3. The Morgan fingerprint density at radius 2 is 1.30 bits per heavy atom. The molecule has 5 nitrogen and oxygen atoms in total. The van der Waals surface area contributed by atoms with E-state index in [0.29, 0.717) is 21.5 Å². The Hall–Kier alpha value is -2.31. The molecule has 0 spiro atoms. The summed E-state index contributed by atoms with van der Waals surface area (Å²) in [6.45, 7) is 3.31. The Balaban J connectivity index is 0.000000488. The van der Waals surface area contributed by atoms with Crippen molar-refractivity contribution >= 4 is 35.5 Å². The third kappa shape index (κ3) is 9.82. The largest absolute Gasteiger partial charge is 0.483 e. The van der Waals surface area contributed by atoms with E-state index in [-0.39, 0.29) is 4.70 Å². The minimum atomic E-state index is -0.610. The van der Waals surface area contributed by atoms with Crippen LogP contribution in [0, 0.1) is 0 Å². The lowest BCUT2D eigenvalue weighted by atomic mass is 10.3. The van der Waals surface area contributed by atoms with Crippen molar-refractivity contribution in [2.24, 2.45) is 0 Å². The average molecular weight is 419 g/mol. The minimum Gasteiger partial charge on any atom is -0.483 e. The fourth-order valence-electron chi connectivity index (χ4n) is 1.69. The summed E-state index contributed by atoms with van der Waals surface area (Å²) in [5.41, 5.74) is 0. The normalized spacial score (nSPS) is 11.6. The standard InChI is InChI=1S/C10H11ClO3.C9H9ClO2.FH/c1-7(10(12)13-2)14-9-5-3-8(11)4-6-9;1-7(6-11)12-9-4-2-8(10)3-5-9;/h3-7H,1-2H3;2-7H,1H3;1H/t2*7-;/m00./s1. The van der Waals surface area contributed by atoms with Crippen LogP contribution in [0.4, 0.5) is 4.70 Å². The maximum Gasteiger partial charge on any atom is 0.346 e. The van der Waals surface area contributed by atoms with Crippen molar-refractivity contribution in [3.63, 3.8) is 0 Å². The van der Waals surface area contributed by atoms with Gasteiger partial charge in [-0.05, 0) is 62.4 Å². The monoisotopic (exact) mass is 418 g/mol. The zero-order valence-electron chi connectivity index (χ0n) is 15.1. The lowest BCUT2D eigenvalue weighted by Crippen LogP contribution is -2.24. The fourth-order valence-corrected chi connectivity index (χ4v) is 1.94. The number of halogens is 3. The molecule has 0 saturated heterocycles. The Kier molecular flexibility index (Phi) is 11.8. The quantitative estimate of drug-likeness (QED) is 0.500. The summed E-state index contributed by atoms with van der Waals surface area (Å²) >= 11 is 11.3. The molecule has 148 valence electrons. The molecule has 0 radical (unpaired) electrons. The van der Waals surface area contributed by atoms with E-state index < -0.39 is 18.2 Å². The molecule has 0 saturated carbocycles. The van der Waals surface area contributed by atoms with Gasteiger partial charge in [0, 0.05) is 10.0 Å². The molecule has 0 aliphatic heterocycles. The smallest absolute Gasteiger partial charge is 0.346 e. The molecule has 0 fully saturated rings. The Morgan fingerprint density at radius 1 is 0.889 bits per heavy atom. The molecule has 8 heteroatoms. The van der Waals surface area contributed by atoms with Crippen molar-refractivity contribution < 1.29 is 28.5 Å². The Bertz CT molecular complexity index is 692. The van der Waals surface area contributed by atoms with Crippen molar-refractivity contribution in [3.8, 4) is 11.5 Å². The van der Waals surface area contributed by atoms with Crippen LogP contribution in [-0.2, 0) is 14.3 Å². The maximum atomic E-state index is 11.0. The first-order valence-corrected chi connectivity index (χ1v) is 8.49. The molecule has 2 aromatic carbocycles. The van der Waals surface area contributed by atoms with E-state index in [2.05, 4.69) is 4.74 Å². The number of aldehydes is 1. The van der Waals surface area contributed by atoms with Crippen LogP contribution < -0.4 is 9.47 Å². The highest BCUT2D eigenvalue weighted by atomic mass is 35.5. The highest BCUT2D eigenvalue weighted by molar-refractivity contribution is 6.30. The zero-order chi connectivity index (χ0) is 19.5. The summed E-state index contributed by atoms with van der Waals surface area (Å²) in [4.78, 5) is 21.2. The lowest BCUT2D eigenvalue weighted by Gasteiger charge is -2.11. The topological polar surface area (TPSA) is 61.8 Å². The van der Waals surface area contributed by atoms with Crippen LogP contribution >= 0.6 is 23.2 Å². The molecule has 0 heterocycles. The number of carbonyl (C=O) groups excluding carboxylic acids is 2. The van der Waals surface area contributed by atoms with Crippen molar-refractivity contribution in [3.05, 3.63) is 58.6 Å². The molecule has 2 atom stereocenters. The van der Waals surface area contributed by atoms with Crippen molar-refractivity contribution in [1.29, 1.82) is 0 Å². The SMILES string of the molecule is COC(=O)[C@H](C)Oc1ccc(Cl)cc1.C[C@@H](C=O)Oc1ccc(Cl)cc1.F. The van der Waals surface area contributed by atoms with E-state index in [1.807, 2.05) is 0 Å². The fraction of sp³-hybridized carbons (Fsp3) is 0.263. The molecule has 27 heavy (non-hydrogen) atoms. The highest BCUT2D eigenvalue weighted by Gasteiger charge is 2.14. The van der Waals surface area contributed by atoms with Gasteiger partial charge in [-0.3, -0.25) is 9.50 Å². The number of rotatable bonds is 6. The third-order valence-corrected chi connectivity index (χ3v) is 3.49. The summed E-state index contributed by atoms with van der Waals surface area (Å²) < 4.78 is 15.0. The second-order valence-corrected chi connectivity index (χ2v) is 6.02. The van der Waals surface area contributed by atoms with Gasteiger partial charge in [0.2, 0.25) is 0 Å². The second-order valence-electron chi connectivity index (χ2n) is 5.15. The van der Waals surface area contributed by atoms with Crippen LogP contribution in [0.2, 0.25) is 10.0 Å². The van der Waals surface area contributed by atoms with E-state index in [9.17, 15) is 9.59 Å². The summed E-state index contributed by atoms with van der Waals surface area (Å²) in [5, 5.41) is 1.28. The molecule has 0 amide bonds. The van der Waals surface area contributed by atoms with E-state index in [1.54, 1.807) is 62.4 Å². The molecule has 2 aromatic rings. The first-order valence-electron chi connectivity index (χ1n) is 7.73. The van der Waals surface area contributed by atoms with Gasteiger partial charge in [0.25, 0.3) is 0 Å². The van der Waals surface area contributed by atoms with Gasteiger partial charge in [-0.15, -0.1) is 0 Å². The van der Waals surface area contributed by atoms with Crippen LogP contribution in [0.3, 0.4) is 0 Å². The molecule has 0 aliphatic rings. The average Bonchev–Trinajstić information content (AvgIpc) is 2.65. The number of carbonyl (C=O) groups is 2. The molecule has 0 aromatic heterocycles. The number of esters is 1. The molecule has 2 rings (SSSR count). The van der Waals surface area contributed by atoms with Gasteiger partial charge in [0.15, 0.2) is 18.5 Å². The predicted octanol–water partition coefficient (Wildman–Crippen LogP) is 4.74. The van der Waals surface area contributed by atoms with Crippen LogP contribution in [0.1, 0.15) is 13.8 Å². The van der Waals surface area contributed by atoms with E-state index in [0.717, 1.165) is 6.29 Å². The van der Waals surface area contributed by atoms with Crippen molar-refractivity contribution in [1.82, 2.24) is 0 Å². The molecule has 0 bridgehead atoms. The van der Waals surface area contributed by atoms with Gasteiger partial charge < -0.3 is 14.2 Å². The summed E-state index contributed by atoms with van der Waals surface area (Å²) in [6.07, 6.45) is -0.276. The van der Waals surface area contributed by atoms with E-state index in [1.165, 1.54) is 7.11 Å². The number of ether oxygens (including phenoxy) is 3. The van der Waals surface area contributed by atoms with Crippen LogP contribution in [0.25, 0.3) is 0 Å². The molecular formula is C19H21Cl2FO5. The summed E-state index contributed by atoms with van der Waals surface area (Å²) in [7, 11) is 1.32. The van der Waals surface area contributed by atoms with E-state index in [4.69, 9.17) is 32.7 Å². The molecule has 0 N–H and O–H groups in total. The van der Waals surface area contributed by atoms with Gasteiger partial charge in [0.05, 0.1) is 7.11 Å². The number of hydrogen-bond donors (Lipinski definition) is 0. The number of methoxy groups -OCH3 is 1. The van der Waals surface area contributed by atoms with Gasteiger partial charge in [-0.25, -0.2) is 4.79 Å². The van der Waals surface area contributed by atoms with E-state index >= 15 is 0 Å². The summed E-state index contributed by atoms with van der Waals surface area (Å²) in [5.74, 6) is 0.839. The van der Waals surface area contributed by atoms with Gasteiger partial charge in [-0.2, -0.15) is 0 Å². The Morgan fingerprint density at radius 3 is 1.67 bits per heavy atom. The van der Waals surface area contributed by atoms with Crippen LogP contribution in [0.15, 0.2) is 48.5 Å².